The molecule has 0 radical (unpaired) electrons. The molecule has 1 saturated carbocycles. The van der Waals surface area contributed by atoms with E-state index in [-0.39, 0.29) is 0 Å². The summed E-state index contributed by atoms with van der Waals surface area (Å²) in [6.07, 6.45) is 2.66. The molecule has 0 amide bonds. The first kappa shape index (κ1) is 7.65. The molecule has 1 aliphatic carbocycles. The van der Waals surface area contributed by atoms with Crippen molar-refractivity contribution in [2.24, 2.45) is 0 Å². The molecule has 1 fully saturated rings. The first-order valence-electron chi connectivity index (χ1n) is 3.84. The van der Waals surface area contributed by atoms with E-state index in [4.69, 9.17) is 0 Å². The molecular weight excluding hydrogens is 174 g/mol. The maximum atomic E-state index is 4.41. The van der Waals surface area contributed by atoms with Gasteiger partial charge in [-0.15, -0.1) is 11.3 Å². The molecular formula is C8H11NS2. The second kappa shape index (κ2) is 3.17. The first-order chi connectivity index (χ1) is 5.36. The van der Waals surface area contributed by atoms with E-state index in [0.29, 0.717) is 0 Å². The summed E-state index contributed by atoms with van der Waals surface area (Å²) >= 11 is 6.22. The average molecular weight is 185 g/mol. The fourth-order valence-electron chi connectivity index (χ4n) is 1.06. The minimum atomic E-state index is 0.750. The lowest BCUT2D eigenvalue weighted by molar-refractivity contribution is 0.469. The summed E-state index contributed by atoms with van der Waals surface area (Å²) in [5, 5.41) is 2.11. The summed E-state index contributed by atoms with van der Waals surface area (Å²) in [4.78, 5) is 1.41. The van der Waals surface area contributed by atoms with Crippen molar-refractivity contribution in [3.63, 3.8) is 0 Å². The Hall–Kier alpha value is 0.01000. The van der Waals surface area contributed by atoms with Crippen molar-refractivity contribution >= 4 is 24.2 Å². The zero-order chi connectivity index (χ0) is 7.68. The van der Waals surface area contributed by atoms with Crippen LogP contribution in [0.2, 0.25) is 0 Å². The van der Waals surface area contributed by atoms with Crippen LogP contribution in [0.25, 0.3) is 0 Å². The predicted octanol–water partition coefficient (Wildman–Crippen LogP) is 2.56. The number of nitrogens with zero attached hydrogens (tertiary/aromatic N) is 1. The Morgan fingerprint density at radius 3 is 3.00 bits per heavy atom. The van der Waals surface area contributed by atoms with Crippen LogP contribution in [0.15, 0.2) is 17.5 Å². The molecule has 0 spiro atoms. The molecule has 0 N–H and O–H groups in total. The molecule has 1 aliphatic rings. The van der Waals surface area contributed by atoms with E-state index in [1.54, 1.807) is 11.3 Å². The van der Waals surface area contributed by atoms with E-state index in [1.807, 2.05) is 0 Å². The van der Waals surface area contributed by atoms with Crippen LogP contribution in [0.1, 0.15) is 17.7 Å². The molecule has 60 valence electrons. The van der Waals surface area contributed by atoms with Gasteiger partial charge >= 0.3 is 0 Å². The van der Waals surface area contributed by atoms with Gasteiger partial charge in [0.15, 0.2) is 0 Å². The third-order valence-electron chi connectivity index (χ3n) is 1.87. The van der Waals surface area contributed by atoms with Gasteiger partial charge in [-0.1, -0.05) is 18.9 Å². The lowest BCUT2D eigenvalue weighted by Gasteiger charge is -2.11. The Kier molecular flexibility index (Phi) is 2.20. The Bertz CT molecular complexity index is 216. The van der Waals surface area contributed by atoms with E-state index < -0.39 is 0 Å². The van der Waals surface area contributed by atoms with Gasteiger partial charge in [0.25, 0.3) is 0 Å². The van der Waals surface area contributed by atoms with Crippen LogP contribution in [0.4, 0.5) is 0 Å². The highest BCUT2D eigenvalue weighted by atomic mass is 32.1. The van der Waals surface area contributed by atoms with Gasteiger partial charge in [-0.05, 0) is 24.3 Å². The van der Waals surface area contributed by atoms with Crippen molar-refractivity contribution in [1.82, 2.24) is 4.31 Å². The number of rotatable bonds is 3. The molecule has 0 saturated heterocycles. The summed E-state index contributed by atoms with van der Waals surface area (Å²) in [6, 6.07) is 5.01. The standard InChI is InChI=1S/C8H11NS2/c10-9(7-3-4-7)6-8-2-1-5-11-8/h1-2,5,7,10H,3-4,6H2. The van der Waals surface area contributed by atoms with Crippen molar-refractivity contribution in [3.8, 4) is 0 Å². The normalized spacial score (nSPS) is 17.6. The quantitative estimate of drug-likeness (QED) is 0.708. The minimum absolute atomic E-state index is 0.750. The second-order valence-corrected chi connectivity index (χ2v) is 4.45. The fraction of sp³-hybridized carbons (Fsp3) is 0.500. The molecule has 0 unspecified atom stereocenters. The zero-order valence-electron chi connectivity index (χ0n) is 6.23. The predicted molar refractivity (Wildman–Crippen MR) is 51.9 cm³/mol. The van der Waals surface area contributed by atoms with Gasteiger partial charge in [-0.2, -0.15) is 0 Å². The Balaban J connectivity index is 1.89. The maximum Gasteiger partial charge on any atom is 0.0435 e. The lowest BCUT2D eigenvalue weighted by Crippen LogP contribution is -2.12. The molecule has 0 bridgehead atoms. The van der Waals surface area contributed by atoms with Gasteiger partial charge in [0.2, 0.25) is 0 Å². The highest BCUT2D eigenvalue weighted by Gasteiger charge is 2.26. The summed E-state index contributed by atoms with van der Waals surface area (Å²) < 4.78 is 2.14. The van der Waals surface area contributed by atoms with E-state index >= 15 is 0 Å². The maximum absolute atomic E-state index is 4.41. The summed E-state index contributed by atoms with van der Waals surface area (Å²) in [6.45, 7) is 1.01. The highest BCUT2D eigenvalue weighted by molar-refractivity contribution is 7.77. The lowest BCUT2D eigenvalue weighted by atomic mass is 10.4. The van der Waals surface area contributed by atoms with E-state index in [1.165, 1.54) is 17.7 Å². The third-order valence-corrected chi connectivity index (χ3v) is 3.20. The molecule has 0 aromatic carbocycles. The topological polar surface area (TPSA) is 3.24 Å². The van der Waals surface area contributed by atoms with Crippen molar-refractivity contribution in [2.45, 2.75) is 25.4 Å². The molecule has 3 heteroatoms. The average Bonchev–Trinajstić information content (AvgIpc) is 2.73. The Morgan fingerprint density at radius 2 is 2.45 bits per heavy atom. The van der Waals surface area contributed by atoms with Crippen LogP contribution < -0.4 is 0 Å². The van der Waals surface area contributed by atoms with E-state index in [9.17, 15) is 0 Å². The second-order valence-electron chi connectivity index (χ2n) is 2.91. The van der Waals surface area contributed by atoms with Gasteiger partial charge in [0, 0.05) is 17.5 Å². The number of hydrogen-bond donors (Lipinski definition) is 1. The van der Waals surface area contributed by atoms with Crippen molar-refractivity contribution < 1.29 is 0 Å². The molecule has 11 heavy (non-hydrogen) atoms. The van der Waals surface area contributed by atoms with Crippen molar-refractivity contribution in [3.05, 3.63) is 22.4 Å². The van der Waals surface area contributed by atoms with Gasteiger partial charge in [-0.25, -0.2) is 4.31 Å². The Labute approximate surface area is 76.6 Å². The first-order valence-corrected chi connectivity index (χ1v) is 5.12. The fourth-order valence-corrected chi connectivity index (χ4v) is 2.25. The Morgan fingerprint density at radius 1 is 1.64 bits per heavy atom. The molecule has 0 aliphatic heterocycles. The molecule has 1 aromatic rings. The molecule has 1 heterocycles. The third kappa shape index (κ3) is 1.98. The van der Waals surface area contributed by atoms with Gasteiger partial charge < -0.3 is 0 Å². The van der Waals surface area contributed by atoms with Crippen LogP contribution in [0.3, 0.4) is 0 Å². The van der Waals surface area contributed by atoms with E-state index in [0.717, 1.165) is 12.6 Å². The zero-order valence-corrected chi connectivity index (χ0v) is 7.94. The van der Waals surface area contributed by atoms with E-state index in [2.05, 4.69) is 34.6 Å². The SMILES string of the molecule is SN(Cc1cccs1)C1CC1. The number of thiophene rings is 1. The molecule has 2 rings (SSSR count). The minimum Gasteiger partial charge on any atom is -0.245 e. The monoisotopic (exact) mass is 185 g/mol. The van der Waals surface area contributed by atoms with Crippen molar-refractivity contribution in [2.75, 3.05) is 0 Å². The van der Waals surface area contributed by atoms with Crippen LogP contribution in [0.5, 0.6) is 0 Å². The summed E-state index contributed by atoms with van der Waals surface area (Å²) in [5.74, 6) is 0. The summed E-state index contributed by atoms with van der Waals surface area (Å²) in [5.41, 5.74) is 0. The highest BCUT2D eigenvalue weighted by Crippen LogP contribution is 2.30. The van der Waals surface area contributed by atoms with Crippen LogP contribution in [-0.4, -0.2) is 10.3 Å². The summed E-state index contributed by atoms with van der Waals surface area (Å²) in [7, 11) is 0. The van der Waals surface area contributed by atoms with Gasteiger partial charge in [0.05, 0.1) is 0 Å². The van der Waals surface area contributed by atoms with Crippen LogP contribution >= 0.6 is 24.2 Å². The molecule has 0 atom stereocenters. The van der Waals surface area contributed by atoms with Crippen LogP contribution in [-0.2, 0) is 6.54 Å². The van der Waals surface area contributed by atoms with Gasteiger partial charge in [-0.3, -0.25) is 0 Å². The smallest absolute Gasteiger partial charge is 0.0435 e. The molecule has 1 nitrogen and oxygen atoms in total. The largest absolute Gasteiger partial charge is 0.245 e. The molecule has 1 aromatic heterocycles. The number of thiol groups is 1. The van der Waals surface area contributed by atoms with Gasteiger partial charge in [0.1, 0.15) is 0 Å². The van der Waals surface area contributed by atoms with Crippen LogP contribution in [0, 0.1) is 0 Å². The van der Waals surface area contributed by atoms with Crippen molar-refractivity contribution in [1.29, 1.82) is 0 Å². The number of hydrogen-bond acceptors (Lipinski definition) is 3.